The number of carbonyl (C=O) groups is 1. The summed E-state index contributed by atoms with van der Waals surface area (Å²) in [5, 5.41) is 3.21. The molecule has 2 aliphatic carbocycles. The second kappa shape index (κ2) is 5.17. The number of halogens is 1. The Bertz CT molecular complexity index is 280. The summed E-state index contributed by atoms with van der Waals surface area (Å²) >= 11 is 5.81. The van der Waals surface area contributed by atoms with E-state index in [1.54, 1.807) is 0 Å². The van der Waals surface area contributed by atoms with E-state index < -0.39 is 0 Å². The van der Waals surface area contributed by atoms with Crippen LogP contribution in [0.4, 0.5) is 0 Å². The number of carbonyl (C=O) groups excluding carboxylic acids is 1. The van der Waals surface area contributed by atoms with Crippen LogP contribution in [0.15, 0.2) is 0 Å². The van der Waals surface area contributed by atoms with E-state index >= 15 is 0 Å². The largest absolute Gasteiger partial charge is 0.355 e. The highest BCUT2D eigenvalue weighted by molar-refractivity contribution is 6.17. The molecule has 0 aromatic carbocycles. The fourth-order valence-corrected chi connectivity index (χ4v) is 3.54. The molecule has 2 aliphatic rings. The molecule has 0 unspecified atom stereocenters. The molecule has 2 nitrogen and oxygen atoms in total. The van der Waals surface area contributed by atoms with Gasteiger partial charge in [0.2, 0.25) is 5.91 Å². The molecule has 0 atom stereocenters. The lowest BCUT2D eigenvalue weighted by Gasteiger charge is -2.27. The topological polar surface area (TPSA) is 29.1 Å². The number of rotatable bonds is 6. The molecule has 2 rings (SSSR count). The zero-order valence-electron chi connectivity index (χ0n) is 10.9. The maximum absolute atomic E-state index is 12.3. The van der Waals surface area contributed by atoms with E-state index in [0.29, 0.717) is 11.3 Å². The van der Waals surface area contributed by atoms with Gasteiger partial charge in [0.1, 0.15) is 0 Å². The first-order chi connectivity index (χ1) is 8.16. The van der Waals surface area contributed by atoms with Crippen molar-refractivity contribution in [3.63, 3.8) is 0 Å². The number of hydrogen-bond acceptors (Lipinski definition) is 1. The summed E-state index contributed by atoms with van der Waals surface area (Å²) in [7, 11) is 0. The van der Waals surface area contributed by atoms with Gasteiger partial charge in [-0.15, -0.1) is 11.6 Å². The molecule has 0 spiro atoms. The van der Waals surface area contributed by atoms with Crippen molar-refractivity contribution in [2.75, 3.05) is 12.4 Å². The van der Waals surface area contributed by atoms with Crippen LogP contribution in [-0.2, 0) is 4.79 Å². The Hall–Kier alpha value is -0.240. The van der Waals surface area contributed by atoms with E-state index in [9.17, 15) is 4.79 Å². The SMILES string of the molecule is CCC1(C(=O)NCC2(CCCl)CC2)CCCC1. The van der Waals surface area contributed by atoms with Crippen molar-refractivity contribution < 1.29 is 4.79 Å². The molecule has 0 bridgehead atoms. The van der Waals surface area contributed by atoms with Crippen molar-refractivity contribution in [2.45, 2.75) is 58.3 Å². The lowest BCUT2D eigenvalue weighted by molar-refractivity contribution is -0.131. The van der Waals surface area contributed by atoms with Crippen LogP contribution >= 0.6 is 11.6 Å². The van der Waals surface area contributed by atoms with Gasteiger partial charge in [-0.1, -0.05) is 19.8 Å². The Kier molecular flexibility index (Phi) is 4.02. The Morgan fingerprint density at radius 1 is 1.24 bits per heavy atom. The van der Waals surface area contributed by atoms with Gasteiger partial charge in [0.15, 0.2) is 0 Å². The van der Waals surface area contributed by atoms with Crippen LogP contribution in [0, 0.1) is 10.8 Å². The second-order valence-electron chi connectivity index (χ2n) is 5.96. The maximum Gasteiger partial charge on any atom is 0.226 e. The molecule has 98 valence electrons. The van der Waals surface area contributed by atoms with Gasteiger partial charge < -0.3 is 5.32 Å². The van der Waals surface area contributed by atoms with E-state index in [1.807, 2.05) is 0 Å². The average molecular weight is 258 g/mol. The average Bonchev–Trinajstić information content (AvgIpc) is 2.93. The third kappa shape index (κ3) is 2.78. The highest BCUT2D eigenvalue weighted by Crippen LogP contribution is 2.49. The first-order valence-corrected chi connectivity index (χ1v) is 7.54. The molecule has 0 heterocycles. The van der Waals surface area contributed by atoms with Gasteiger partial charge in [0, 0.05) is 17.8 Å². The van der Waals surface area contributed by atoms with Crippen LogP contribution in [0.25, 0.3) is 0 Å². The van der Waals surface area contributed by atoms with Gasteiger partial charge in [-0.2, -0.15) is 0 Å². The summed E-state index contributed by atoms with van der Waals surface area (Å²) in [6, 6.07) is 0. The molecule has 2 saturated carbocycles. The predicted octanol–water partition coefficient (Wildman–Crippen LogP) is 3.48. The third-order valence-corrected chi connectivity index (χ3v) is 5.11. The van der Waals surface area contributed by atoms with Gasteiger partial charge >= 0.3 is 0 Å². The summed E-state index contributed by atoms with van der Waals surface area (Å²) in [5.41, 5.74) is 0.308. The highest BCUT2D eigenvalue weighted by Gasteiger charge is 2.44. The zero-order valence-corrected chi connectivity index (χ0v) is 11.6. The van der Waals surface area contributed by atoms with Crippen LogP contribution in [-0.4, -0.2) is 18.3 Å². The van der Waals surface area contributed by atoms with Crippen LogP contribution < -0.4 is 5.32 Å². The van der Waals surface area contributed by atoms with Crippen molar-refractivity contribution in [1.29, 1.82) is 0 Å². The molecule has 0 saturated heterocycles. The van der Waals surface area contributed by atoms with E-state index in [-0.39, 0.29) is 5.41 Å². The fourth-order valence-electron chi connectivity index (χ4n) is 3.14. The predicted molar refractivity (Wildman–Crippen MR) is 71.2 cm³/mol. The molecule has 2 fully saturated rings. The molecule has 0 radical (unpaired) electrons. The Labute approximate surface area is 109 Å². The number of alkyl halides is 1. The van der Waals surface area contributed by atoms with Crippen LogP contribution in [0.2, 0.25) is 0 Å². The lowest BCUT2D eigenvalue weighted by atomic mass is 9.82. The van der Waals surface area contributed by atoms with Gasteiger partial charge in [0.05, 0.1) is 0 Å². The molecule has 0 aromatic heterocycles. The Balaban J connectivity index is 1.84. The van der Waals surface area contributed by atoms with Crippen LogP contribution in [0.5, 0.6) is 0 Å². The van der Waals surface area contributed by atoms with Crippen molar-refractivity contribution in [1.82, 2.24) is 5.32 Å². The van der Waals surface area contributed by atoms with E-state index in [1.165, 1.54) is 25.7 Å². The smallest absolute Gasteiger partial charge is 0.226 e. The fraction of sp³-hybridized carbons (Fsp3) is 0.929. The number of amides is 1. The normalized spacial score (nSPS) is 24.6. The quantitative estimate of drug-likeness (QED) is 0.726. The molecule has 1 N–H and O–H groups in total. The van der Waals surface area contributed by atoms with Gasteiger partial charge in [-0.05, 0) is 43.9 Å². The second-order valence-corrected chi connectivity index (χ2v) is 6.34. The molecular formula is C14H24ClNO. The van der Waals surface area contributed by atoms with Gasteiger partial charge in [0.25, 0.3) is 0 Å². The molecule has 0 aliphatic heterocycles. The zero-order chi connectivity index (χ0) is 12.4. The van der Waals surface area contributed by atoms with Crippen molar-refractivity contribution in [3.05, 3.63) is 0 Å². The first-order valence-electron chi connectivity index (χ1n) is 7.01. The highest BCUT2D eigenvalue weighted by atomic mass is 35.5. The molecule has 0 aromatic rings. The summed E-state index contributed by atoms with van der Waals surface area (Å²) < 4.78 is 0. The Morgan fingerprint density at radius 2 is 1.88 bits per heavy atom. The summed E-state index contributed by atoms with van der Waals surface area (Å²) in [4.78, 5) is 12.3. The van der Waals surface area contributed by atoms with Crippen molar-refractivity contribution >= 4 is 17.5 Å². The van der Waals surface area contributed by atoms with Gasteiger partial charge in [-0.25, -0.2) is 0 Å². The van der Waals surface area contributed by atoms with Crippen LogP contribution in [0.3, 0.4) is 0 Å². The maximum atomic E-state index is 12.3. The van der Waals surface area contributed by atoms with E-state index in [2.05, 4.69) is 12.2 Å². The molecular weight excluding hydrogens is 234 g/mol. The van der Waals surface area contributed by atoms with Crippen molar-refractivity contribution in [3.8, 4) is 0 Å². The number of nitrogens with one attached hydrogen (secondary N) is 1. The summed E-state index contributed by atoms with van der Waals surface area (Å²) in [6.07, 6.45) is 9.10. The monoisotopic (exact) mass is 257 g/mol. The lowest BCUT2D eigenvalue weighted by Crippen LogP contribution is -2.41. The van der Waals surface area contributed by atoms with Crippen LogP contribution in [0.1, 0.15) is 58.3 Å². The summed E-state index contributed by atoms with van der Waals surface area (Å²) in [5.74, 6) is 1.02. The summed E-state index contributed by atoms with van der Waals surface area (Å²) in [6.45, 7) is 3.00. The minimum atomic E-state index is -0.0446. The Morgan fingerprint density at radius 3 is 2.35 bits per heavy atom. The minimum Gasteiger partial charge on any atom is -0.355 e. The van der Waals surface area contributed by atoms with E-state index in [4.69, 9.17) is 11.6 Å². The standard InChI is InChI=1S/C14H24ClNO/c1-2-14(5-3-4-6-14)12(17)16-11-13(7-8-13)9-10-15/h2-11H2,1H3,(H,16,17). The first kappa shape index (κ1) is 13.2. The number of hydrogen-bond donors (Lipinski definition) is 1. The van der Waals surface area contributed by atoms with Crippen molar-refractivity contribution in [2.24, 2.45) is 10.8 Å². The third-order valence-electron chi connectivity index (χ3n) is 4.92. The van der Waals surface area contributed by atoms with Gasteiger partial charge in [-0.3, -0.25) is 4.79 Å². The molecule has 3 heteroatoms. The molecule has 1 amide bonds. The van der Waals surface area contributed by atoms with E-state index in [0.717, 1.165) is 38.1 Å². The molecule has 17 heavy (non-hydrogen) atoms. The minimum absolute atomic E-state index is 0.0446.